The first-order valence-corrected chi connectivity index (χ1v) is 7.76. The molecule has 0 saturated heterocycles. The number of hydrogen-bond donors (Lipinski definition) is 2. The van der Waals surface area contributed by atoms with Gasteiger partial charge in [0.25, 0.3) is 0 Å². The van der Waals surface area contributed by atoms with Crippen LogP contribution in [-0.4, -0.2) is 59.9 Å². The van der Waals surface area contributed by atoms with E-state index in [1.54, 1.807) is 11.8 Å². The maximum atomic E-state index is 12.5. The van der Waals surface area contributed by atoms with Crippen molar-refractivity contribution in [1.82, 2.24) is 4.90 Å². The van der Waals surface area contributed by atoms with Gasteiger partial charge in [-0.2, -0.15) is 0 Å². The smallest absolute Gasteiger partial charge is 0.308 e. The number of carbonyl (C=O) groups is 2. The predicted molar refractivity (Wildman–Crippen MR) is 77.9 cm³/mol. The van der Waals surface area contributed by atoms with E-state index in [4.69, 9.17) is 14.9 Å². The van der Waals surface area contributed by atoms with Gasteiger partial charge in [0.15, 0.2) is 0 Å². The van der Waals surface area contributed by atoms with Crippen LogP contribution in [-0.2, 0) is 14.3 Å². The van der Waals surface area contributed by atoms with Gasteiger partial charge in [0, 0.05) is 19.0 Å². The zero-order chi connectivity index (χ0) is 15.7. The van der Waals surface area contributed by atoms with Gasteiger partial charge in [-0.1, -0.05) is 26.2 Å². The molecule has 1 unspecified atom stereocenters. The summed E-state index contributed by atoms with van der Waals surface area (Å²) in [7, 11) is 0. The summed E-state index contributed by atoms with van der Waals surface area (Å²) in [4.78, 5) is 25.2. The van der Waals surface area contributed by atoms with Crippen molar-refractivity contribution in [2.75, 3.05) is 32.9 Å². The highest BCUT2D eigenvalue weighted by Gasteiger charge is 2.28. The molecular weight excluding hydrogens is 274 g/mol. The fraction of sp³-hybridized carbons (Fsp3) is 0.867. The van der Waals surface area contributed by atoms with E-state index in [0.717, 1.165) is 25.7 Å². The maximum absolute atomic E-state index is 12.5. The Bertz CT molecular complexity index is 328. The molecule has 0 heterocycles. The van der Waals surface area contributed by atoms with Crippen LogP contribution in [0.5, 0.6) is 0 Å². The standard InChI is InChI=1S/C15H27NO5/c1-12(15(19)20)11-16(7-9-21-10-8-17)14(18)13-5-3-2-4-6-13/h12-13,17H,2-11H2,1H3,(H,19,20). The van der Waals surface area contributed by atoms with Crippen molar-refractivity contribution >= 4 is 11.9 Å². The third-order valence-corrected chi connectivity index (χ3v) is 3.92. The van der Waals surface area contributed by atoms with Gasteiger partial charge >= 0.3 is 5.97 Å². The topological polar surface area (TPSA) is 87.1 Å². The second-order valence-electron chi connectivity index (χ2n) is 5.69. The summed E-state index contributed by atoms with van der Waals surface area (Å²) in [5.41, 5.74) is 0. The lowest BCUT2D eigenvalue weighted by Crippen LogP contribution is -2.42. The van der Waals surface area contributed by atoms with Crippen molar-refractivity contribution in [3.63, 3.8) is 0 Å². The van der Waals surface area contributed by atoms with Crippen LogP contribution >= 0.6 is 0 Å². The largest absolute Gasteiger partial charge is 0.481 e. The van der Waals surface area contributed by atoms with Gasteiger partial charge in [-0.25, -0.2) is 0 Å². The monoisotopic (exact) mass is 301 g/mol. The molecule has 0 aromatic rings. The molecule has 6 heteroatoms. The number of aliphatic carboxylic acids is 1. The number of aliphatic hydroxyl groups excluding tert-OH is 1. The summed E-state index contributed by atoms with van der Waals surface area (Å²) < 4.78 is 5.20. The Labute approximate surface area is 126 Å². The summed E-state index contributed by atoms with van der Waals surface area (Å²) in [6, 6.07) is 0. The predicted octanol–water partition coefficient (Wildman–Crippen LogP) is 1.12. The van der Waals surface area contributed by atoms with Crippen LogP contribution in [0.1, 0.15) is 39.0 Å². The molecule has 1 fully saturated rings. The van der Waals surface area contributed by atoms with Crippen molar-refractivity contribution in [2.45, 2.75) is 39.0 Å². The molecule has 0 radical (unpaired) electrons. The first kappa shape index (κ1) is 17.9. The van der Waals surface area contributed by atoms with Crippen molar-refractivity contribution < 1.29 is 24.5 Å². The van der Waals surface area contributed by atoms with E-state index in [1.165, 1.54) is 6.42 Å². The summed E-state index contributed by atoms with van der Waals surface area (Å²) in [5, 5.41) is 17.7. The summed E-state index contributed by atoms with van der Waals surface area (Å²) in [6.45, 7) is 2.71. The van der Waals surface area contributed by atoms with Gasteiger partial charge < -0.3 is 19.8 Å². The van der Waals surface area contributed by atoms with Crippen LogP contribution in [0.4, 0.5) is 0 Å². The highest BCUT2D eigenvalue weighted by atomic mass is 16.5. The highest BCUT2D eigenvalue weighted by Crippen LogP contribution is 2.25. The molecule has 2 N–H and O–H groups in total. The Balaban J connectivity index is 2.55. The molecule has 21 heavy (non-hydrogen) atoms. The van der Waals surface area contributed by atoms with Crippen LogP contribution in [0.3, 0.4) is 0 Å². The Morgan fingerprint density at radius 2 is 1.90 bits per heavy atom. The van der Waals surface area contributed by atoms with E-state index >= 15 is 0 Å². The number of carbonyl (C=O) groups excluding carboxylic acids is 1. The SMILES string of the molecule is CC(CN(CCOCCO)C(=O)C1CCCCC1)C(=O)O. The Morgan fingerprint density at radius 1 is 1.24 bits per heavy atom. The molecule has 1 aliphatic carbocycles. The molecule has 1 saturated carbocycles. The lowest BCUT2D eigenvalue weighted by Gasteiger charge is -2.30. The number of hydrogen-bond acceptors (Lipinski definition) is 4. The van der Waals surface area contributed by atoms with Crippen LogP contribution in [0.25, 0.3) is 0 Å². The molecule has 1 atom stereocenters. The van der Waals surface area contributed by atoms with E-state index in [0.29, 0.717) is 13.2 Å². The molecule has 0 aliphatic heterocycles. The minimum absolute atomic E-state index is 0.0255. The van der Waals surface area contributed by atoms with E-state index in [9.17, 15) is 9.59 Å². The average Bonchev–Trinajstić information content (AvgIpc) is 2.50. The second-order valence-corrected chi connectivity index (χ2v) is 5.69. The van der Waals surface area contributed by atoms with Crippen LogP contribution in [0, 0.1) is 11.8 Å². The van der Waals surface area contributed by atoms with E-state index in [-0.39, 0.29) is 31.6 Å². The van der Waals surface area contributed by atoms with Crippen molar-refractivity contribution in [1.29, 1.82) is 0 Å². The van der Waals surface area contributed by atoms with Gasteiger partial charge in [0.1, 0.15) is 0 Å². The molecule has 122 valence electrons. The van der Waals surface area contributed by atoms with Gasteiger partial charge in [-0.15, -0.1) is 0 Å². The lowest BCUT2D eigenvalue weighted by atomic mass is 9.88. The number of carboxylic acids is 1. The fourth-order valence-electron chi connectivity index (χ4n) is 2.65. The lowest BCUT2D eigenvalue weighted by molar-refractivity contribution is -0.144. The van der Waals surface area contributed by atoms with E-state index in [1.807, 2.05) is 0 Å². The summed E-state index contributed by atoms with van der Waals surface area (Å²) in [6.07, 6.45) is 5.11. The van der Waals surface area contributed by atoms with Crippen molar-refractivity contribution in [3.05, 3.63) is 0 Å². The second kappa shape index (κ2) is 9.73. The third kappa shape index (κ3) is 6.44. The highest BCUT2D eigenvalue weighted by molar-refractivity contribution is 5.79. The third-order valence-electron chi connectivity index (χ3n) is 3.92. The minimum atomic E-state index is -0.896. The van der Waals surface area contributed by atoms with Gasteiger partial charge in [0.2, 0.25) is 5.91 Å². The number of aliphatic hydroxyl groups is 1. The Morgan fingerprint density at radius 3 is 2.48 bits per heavy atom. The summed E-state index contributed by atoms with van der Waals surface area (Å²) in [5.74, 6) is -1.41. The number of rotatable bonds is 9. The molecule has 1 rings (SSSR count). The van der Waals surface area contributed by atoms with Gasteiger partial charge in [0.05, 0.1) is 25.7 Å². The normalized spacial score (nSPS) is 17.4. The van der Waals surface area contributed by atoms with Crippen LogP contribution < -0.4 is 0 Å². The van der Waals surface area contributed by atoms with Crippen LogP contribution in [0.15, 0.2) is 0 Å². The molecule has 6 nitrogen and oxygen atoms in total. The maximum Gasteiger partial charge on any atom is 0.308 e. The first-order chi connectivity index (χ1) is 10.1. The number of carboxylic acid groups (broad SMARTS) is 1. The van der Waals surface area contributed by atoms with E-state index < -0.39 is 11.9 Å². The Kier molecular flexibility index (Phi) is 8.30. The molecular formula is C15H27NO5. The number of nitrogens with zero attached hydrogens (tertiary/aromatic N) is 1. The van der Waals surface area contributed by atoms with E-state index in [2.05, 4.69) is 0 Å². The molecule has 0 aromatic carbocycles. The Hall–Kier alpha value is -1.14. The van der Waals surface area contributed by atoms with Gasteiger partial charge in [-0.3, -0.25) is 9.59 Å². The molecule has 0 aromatic heterocycles. The average molecular weight is 301 g/mol. The molecule has 1 aliphatic rings. The zero-order valence-corrected chi connectivity index (χ0v) is 12.8. The molecule has 1 amide bonds. The minimum Gasteiger partial charge on any atom is -0.481 e. The van der Waals surface area contributed by atoms with Crippen LogP contribution in [0.2, 0.25) is 0 Å². The summed E-state index contributed by atoms with van der Waals surface area (Å²) >= 11 is 0. The van der Waals surface area contributed by atoms with Gasteiger partial charge in [-0.05, 0) is 12.8 Å². The van der Waals surface area contributed by atoms with Crippen molar-refractivity contribution in [3.8, 4) is 0 Å². The molecule has 0 bridgehead atoms. The number of ether oxygens (including phenoxy) is 1. The quantitative estimate of drug-likeness (QED) is 0.623. The fourth-order valence-corrected chi connectivity index (χ4v) is 2.65. The number of amides is 1. The first-order valence-electron chi connectivity index (χ1n) is 7.76. The molecule has 0 spiro atoms. The zero-order valence-electron chi connectivity index (χ0n) is 12.8. The van der Waals surface area contributed by atoms with Crippen molar-refractivity contribution in [2.24, 2.45) is 11.8 Å².